The van der Waals surface area contributed by atoms with E-state index in [2.05, 4.69) is 28.1 Å². The van der Waals surface area contributed by atoms with E-state index >= 15 is 0 Å². The van der Waals surface area contributed by atoms with Crippen LogP contribution in [0.25, 0.3) is 6.08 Å². The molecule has 1 fully saturated rings. The van der Waals surface area contributed by atoms with Crippen molar-refractivity contribution < 1.29 is 14.3 Å². The topological polar surface area (TPSA) is 54.0 Å². The van der Waals surface area contributed by atoms with E-state index in [-0.39, 0.29) is 5.91 Å². The summed E-state index contributed by atoms with van der Waals surface area (Å²) in [5.41, 5.74) is 2.73. The Hall–Kier alpha value is -2.99. The number of hydrogen-bond donors (Lipinski definition) is 1. The van der Waals surface area contributed by atoms with Gasteiger partial charge >= 0.3 is 0 Å². The van der Waals surface area contributed by atoms with E-state index in [9.17, 15) is 4.79 Å². The summed E-state index contributed by atoms with van der Waals surface area (Å²) in [6.45, 7) is 7.26. The van der Waals surface area contributed by atoms with Crippen molar-refractivity contribution in [1.82, 2.24) is 4.90 Å². The molecule has 0 unspecified atom stereocenters. The van der Waals surface area contributed by atoms with Gasteiger partial charge in [0.2, 0.25) is 5.91 Å². The molecular formula is C23H29N3O3. The van der Waals surface area contributed by atoms with Gasteiger partial charge in [-0.2, -0.15) is 0 Å². The molecule has 0 saturated carbocycles. The standard InChI is InChI=1S/C23H29N3O3/c1-4-25-11-13-26(14-12-25)22-8-6-5-7-21(22)24-23(27)10-9-18-15-19(28-2)17-20(16-18)29-3/h5-10,15-17H,4,11-14H2,1-3H3,(H,24,27)/b10-9+. The number of anilines is 2. The summed E-state index contributed by atoms with van der Waals surface area (Å²) in [5.74, 6) is 1.19. The highest BCUT2D eigenvalue weighted by atomic mass is 16.5. The summed E-state index contributed by atoms with van der Waals surface area (Å²) in [5, 5.41) is 3.02. The molecule has 1 aliphatic rings. The van der Waals surface area contributed by atoms with Gasteiger partial charge in [-0.25, -0.2) is 0 Å². The van der Waals surface area contributed by atoms with Crippen molar-refractivity contribution in [3.63, 3.8) is 0 Å². The lowest BCUT2D eigenvalue weighted by Crippen LogP contribution is -2.46. The Bertz CT molecular complexity index is 836. The van der Waals surface area contributed by atoms with Crippen LogP contribution in [0.1, 0.15) is 12.5 Å². The molecular weight excluding hydrogens is 366 g/mol. The Balaban J connectivity index is 1.69. The highest BCUT2D eigenvalue weighted by Crippen LogP contribution is 2.27. The first-order valence-electron chi connectivity index (χ1n) is 9.91. The molecule has 0 radical (unpaired) electrons. The predicted molar refractivity (Wildman–Crippen MR) is 118 cm³/mol. The molecule has 29 heavy (non-hydrogen) atoms. The first kappa shape index (κ1) is 20.7. The van der Waals surface area contributed by atoms with Crippen molar-refractivity contribution in [2.24, 2.45) is 0 Å². The number of amides is 1. The average molecular weight is 396 g/mol. The first-order chi connectivity index (χ1) is 14.1. The van der Waals surface area contributed by atoms with Crippen LogP contribution in [0.4, 0.5) is 11.4 Å². The van der Waals surface area contributed by atoms with Gasteiger partial charge in [0.15, 0.2) is 0 Å². The van der Waals surface area contributed by atoms with Crippen molar-refractivity contribution in [2.75, 3.05) is 57.2 Å². The largest absolute Gasteiger partial charge is 0.497 e. The summed E-state index contributed by atoms with van der Waals surface area (Å²) in [4.78, 5) is 17.3. The third kappa shape index (κ3) is 5.51. The van der Waals surface area contributed by atoms with Crippen LogP contribution in [-0.4, -0.2) is 57.8 Å². The van der Waals surface area contributed by atoms with Gasteiger partial charge < -0.3 is 24.6 Å². The second kappa shape index (κ2) is 9.98. The lowest BCUT2D eigenvalue weighted by Gasteiger charge is -2.36. The maximum atomic E-state index is 12.5. The quantitative estimate of drug-likeness (QED) is 0.728. The number of carbonyl (C=O) groups is 1. The van der Waals surface area contributed by atoms with Crippen molar-refractivity contribution in [1.29, 1.82) is 0 Å². The molecule has 2 aromatic carbocycles. The van der Waals surface area contributed by atoms with E-state index in [4.69, 9.17) is 9.47 Å². The number of piperazine rings is 1. The number of likely N-dealkylation sites (N-methyl/N-ethyl adjacent to an activating group) is 1. The lowest BCUT2D eigenvalue weighted by molar-refractivity contribution is -0.111. The summed E-state index contributed by atoms with van der Waals surface area (Å²) >= 11 is 0. The van der Waals surface area contributed by atoms with Crippen LogP contribution >= 0.6 is 0 Å². The van der Waals surface area contributed by atoms with Crippen LogP contribution in [0.15, 0.2) is 48.5 Å². The van der Waals surface area contributed by atoms with E-state index in [1.165, 1.54) is 6.08 Å². The molecule has 6 nitrogen and oxygen atoms in total. The van der Waals surface area contributed by atoms with Crippen LogP contribution < -0.4 is 19.7 Å². The molecule has 1 N–H and O–H groups in total. The third-order valence-corrected chi connectivity index (χ3v) is 5.12. The summed E-state index contributed by atoms with van der Waals surface area (Å²) in [7, 11) is 3.21. The maximum absolute atomic E-state index is 12.5. The average Bonchev–Trinajstić information content (AvgIpc) is 2.78. The van der Waals surface area contributed by atoms with Gasteiger partial charge in [0.1, 0.15) is 11.5 Å². The van der Waals surface area contributed by atoms with Crippen molar-refractivity contribution >= 4 is 23.4 Å². The molecule has 0 bridgehead atoms. The number of para-hydroxylation sites is 2. The molecule has 0 aliphatic carbocycles. The molecule has 6 heteroatoms. The molecule has 0 atom stereocenters. The maximum Gasteiger partial charge on any atom is 0.248 e. The molecule has 2 aromatic rings. The first-order valence-corrected chi connectivity index (χ1v) is 9.91. The van der Waals surface area contributed by atoms with E-state index in [1.807, 2.05) is 30.3 Å². The van der Waals surface area contributed by atoms with Crippen LogP contribution in [-0.2, 0) is 4.79 Å². The van der Waals surface area contributed by atoms with E-state index in [0.29, 0.717) is 11.5 Å². The monoisotopic (exact) mass is 395 g/mol. The van der Waals surface area contributed by atoms with Crippen LogP contribution in [0, 0.1) is 0 Å². The van der Waals surface area contributed by atoms with Gasteiger partial charge in [-0.15, -0.1) is 0 Å². The second-order valence-electron chi connectivity index (χ2n) is 6.91. The molecule has 1 saturated heterocycles. The minimum Gasteiger partial charge on any atom is -0.497 e. The fraction of sp³-hybridized carbons (Fsp3) is 0.348. The molecule has 1 amide bonds. The zero-order chi connectivity index (χ0) is 20.6. The highest BCUT2D eigenvalue weighted by molar-refractivity contribution is 6.03. The number of benzene rings is 2. The number of carbonyl (C=O) groups excluding carboxylic acids is 1. The molecule has 0 spiro atoms. The van der Waals surface area contributed by atoms with Gasteiger partial charge in [-0.05, 0) is 42.4 Å². The smallest absolute Gasteiger partial charge is 0.248 e. The summed E-state index contributed by atoms with van der Waals surface area (Å²) in [6, 6.07) is 13.5. The fourth-order valence-corrected chi connectivity index (χ4v) is 3.43. The Labute approximate surface area is 172 Å². The number of ether oxygens (including phenoxy) is 2. The number of hydrogen-bond acceptors (Lipinski definition) is 5. The Morgan fingerprint density at radius 1 is 1.03 bits per heavy atom. The minimum absolute atomic E-state index is 0.175. The summed E-state index contributed by atoms with van der Waals surface area (Å²) < 4.78 is 10.5. The lowest BCUT2D eigenvalue weighted by atomic mass is 10.1. The molecule has 3 rings (SSSR count). The van der Waals surface area contributed by atoms with Gasteiger partial charge in [0.25, 0.3) is 0 Å². The van der Waals surface area contributed by atoms with Crippen molar-refractivity contribution in [3.05, 3.63) is 54.1 Å². The molecule has 1 heterocycles. The van der Waals surface area contributed by atoms with E-state index in [0.717, 1.165) is 49.7 Å². The Morgan fingerprint density at radius 2 is 1.69 bits per heavy atom. The van der Waals surface area contributed by atoms with Gasteiger partial charge in [-0.3, -0.25) is 4.79 Å². The van der Waals surface area contributed by atoms with Gasteiger partial charge in [0, 0.05) is 38.3 Å². The van der Waals surface area contributed by atoms with Gasteiger partial charge in [-0.1, -0.05) is 19.1 Å². The molecule has 1 aliphatic heterocycles. The number of methoxy groups -OCH3 is 2. The normalized spacial score (nSPS) is 14.8. The number of rotatable bonds is 7. The minimum atomic E-state index is -0.175. The Morgan fingerprint density at radius 3 is 2.31 bits per heavy atom. The number of nitrogens with one attached hydrogen (secondary N) is 1. The van der Waals surface area contributed by atoms with Crippen LogP contribution in [0.5, 0.6) is 11.5 Å². The molecule has 0 aromatic heterocycles. The van der Waals surface area contributed by atoms with Crippen molar-refractivity contribution in [2.45, 2.75) is 6.92 Å². The van der Waals surface area contributed by atoms with E-state index in [1.54, 1.807) is 26.4 Å². The predicted octanol–water partition coefficient (Wildman–Crippen LogP) is 3.50. The number of nitrogens with zero attached hydrogens (tertiary/aromatic N) is 2. The zero-order valence-corrected chi connectivity index (χ0v) is 17.4. The highest BCUT2D eigenvalue weighted by Gasteiger charge is 2.18. The fourth-order valence-electron chi connectivity index (χ4n) is 3.43. The second-order valence-corrected chi connectivity index (χ2v) is 6.91. The zero-order valence-electron chi connectivity index (χ0n) is 17.4. The van der Waals surface area contributed by atoms with Crippen LogP contribution in [0.3, 0.4) is 0 Å². The third-order valence-electron chi connectivity index (χ3n) is 5.12. The van der Waals surface area contributed by atoms with Crippen LogP contribution in [0.2, 0.25) is 0 Å². The van der Waals surface area contributed by atoms with E-state index < -0.39 is 0 Å². The molecule has 154 valence electrons. The van der Waals surface area contributed by atoms with Crippen molar-refractivity contribution in [3.8, 4) is 11.5 Å². The SMILES string of the molecule is CCN1CCN(c2ccccc2NC(=O)/C=C/c2cc(OC)cc(OC)c2)CC1. The summed E-state index contributed by atoms with van der Waals surface area (Å²) in [6.07, 6.45) is 3.28. The Kier molecular flexibility index (Phi) is 7.14. The van der Waals surface area contributed by atoms with Gasteiger partial charge in [0.05, 0.1) is 25.6 Å².